The van der Waals surface area contributed by atoms with E-state index in [2.05, 4.69) is 9.97 Å². The van der Waals surface area contributed by atoms with Gasteiger partial charge in [-0.25, -0.2) is 9.97 Å². The average molecular weight is 217 g/mol. The third-order valence-corrected chi connectivity index (χ3v) is 3.11. The van der Waals surface area contributed by atoms with Gasteiger partial charge in [0, 0.05) is 10.8 Å². The predicted octanol–water partition coefficient (Wildman–Crippen LogP) is 3.01. The minimum Gasteiger partial charge on any atom is -0.242 e. The van der Waals surface area contributed by atoms with Gasteiger partial charge in [0.05, 0.1) is 17.1 Å². The highest BCUT2D eigenvalue weighted by molar-refractivity contribution is 7.13. The van der Waals surface area contributed by atoms with Crippen molar-refractivity contribution >= 4 is 34.3 Å². The summed E-state index contributed by atoms with van der Waals surface area (Å²) in [6.07, 6.45) is 0. The third-order valence-electron chi connectivity index (χ3n) is 1.34. The smallest absolute Gasteiger partial charge is 0.143 e. The van der Waals surface area contributed by atoms with Gasteiger partial charge < -0.3 is 0 Å². The van der Waals surface area contributed by atoms with E-state index in [4.69, 9.17) is 11.6 Å². The zero-order valence-electron chi connectivity index (χ0n) is 6.03. The lowest BCUT2D eigenvalue weighted by atomic mass is 10.5. The summed E-state index contributed by atoms with van der Waals surface area (Å²) in [5, 5.41) is 4.89. The molecule has 0 saturated carbocycles. The van der Waals surface area contributed by atoms with Gasteiger partial charge in [0.2, 0.25) is 0 Å². The molecule has 62 valence electrons. The highest BCUT2D eigenvalue weighted by Crippen LogP contribution is 2.23. The van der Waals surface area contributed by atoms with Gasteiger partial charge in [0.15, 0.2) is 0 Å². The molecule has 0 unspecified atom stereocenters. The van der Waals surface area contributed by atoms with Crippen LogP contribution in [-0.2, 0) is 5.88 Å². The molecule has 0 radical (unpaired) electrons. The molecule has 12 heavy (non-hydrogen) atoms. The van der Waals surface area contributed by atoms with Gasteiger partial charge in [-0.2, -0.15) is 0 Å². The molecule has 0 bridgehead atoms. The number of rotatable bonds is 2. The predicted molar refractivity (Wildman–Crippen MR) is 52.8 cm³/mol. The monoisotopic (exact) mass is 216 g/mol. The van der Waals surface area contributed by atoms with Crippen molar-refractivity contribution in [3.8, 4) is 10.7 Å². The van der Waals surface area contributed by atoms with E-state index in [1.54, 1.807) is 28.2 Å². The Morgan fingerprint density at radius 3 is 2.92 bits per heavy atom. The van der Waals surface area contributed by atoms with Crippen LogP contribution >= 0.6 is 34.3 Å². The molecule has 0 aliphatic carbocycles. The summed E-state index contributed by atoms with van der Waals surface area (Å²) in [6.45, 7) is 0. The highest BCUT2D eigenvalue weighted by atomic mass is 35.5. The molecule has 0 aliphatic rings. The minimum atomic E-state index is 0.473. The first kappa shape index (κ1) is 8.16. The molecule has 0 spiro atoms. The van der Waals surface area contributed by atoms with Crippen LogP contribution in [0.4, 0.5) is 0 Å². The van der Waals surface area contributed by atoms with Gasteiger partial charge in [0.1, 0.15) is 10.7 Å². The standard InChI is InChI=1S/C7H5ClN2S2/c8-1-5-2-12-7(10-5)6-3-11-4-9-6/h2-4H,1H2. The average Bonchev–Trinajstić information content (AvgIpc) is 2.75. The maximum absolute atomic E-state index is 5.63. The van der Waals surface area contributed by atoms with E-state index in [-0.39, 0.29) is 0 Å². The number of hydrogen-bond acceptors (Lipinski definition) is 4. The van der Waals surface area contributed by atoms with E-state index < -0.39 is 0 Å². The number of hydrogen-bond donors (Lipinski definition) is 0. The molecule has 0 saturated heterocycles. The van der Waals surface area contributed by atoms with Crippen molar-refractivity contribution in [1.82, 2.24) is 9.97 Å². The molecule has 0 aliphatic heterocycles. The quantitative estimate of drug-likeness (QED) is 0.722. The molecule has 2 nitrogen and oxygen atoms in total. The molecular weight excluding hydrogens is 212 g/mol. The summed E-state index contributed by atoms with van der Waals surface area (Å²) in [5.74, 6) is 0.473. The Bertz CT molecular complexity index is 355. The zero-order valence-corrected chi connectivity index (χ0v) is 8.42. The number of nitrogens with zero attached hydrogens (tertiary/aromatic N) is 2. The first-order chi connectivity index (χ1) is 5.90. The molecule has 5 heteroatoms. The molecule has 0 atom stereocenters. The zero-order chi connectivity index (χ0) is 8.39. The fourth-order valence-corrected chi connectivity index (χ4v) is 2.43. The van der Waals surface area contributed by atoms with E-state index in [0.717, 1.165) is 16.4 Å². The second-order valence-corrected chi connectivity index (χ2v) is 4.00. The van der Waals surface area contributed by atoms with Crippen LogP contribution in [0.15, 0.2) is 16.3 Å². The van der Waals surface area contributed by atoms with Crippen LogP contribution in [0.3, 0.4) is 0 Å². The lowest BCUT2D eigenvalue weighted by Crippen LogP contribution is -1.78. The Kier molecular flexibility index (Phi) is 2.39. The first-order valence-electron chi connectivity index (χ1n) is 3.29. The molecular formula is C7H5ClN2S2. The Morgan fingerprint density at radius 2 is 2.33 bits per heavy atom. The maximum Gasteiger partial charge on any atom is 0.143 e. The highest BCUT2D eigenvalue weighted by Gasteiger charge is 2.04. The molecule has 0 aromatic carbocycles. The van der Waals surface area contributed by atoms with Gasteiger partial charge in [-0.1, -0.05) is 0 Å². The van der Waals surface area contributed by atoms with E-state index in [0.29, 0.717) is 5.88 Å². The third kappa shape index (κ3) is 1.50. The van der Waals surface area contributed by atoms with Crippen molar-refractivity contribution in [3.63, 3.8) is 0 Å². The molecule has 0 N–H and O–H groups in total. The van der Waals surface area contributed by atoms with Crippen molar-refractivity contribution in [2.45, 2.75) is 5.88 Å². The number of alkyl halides is 1. The van der Waals surface area contributed by atoms with Crippen LogP contribution in [0.1, 0.15) is 5.69 Å². The Labute approximate surface area is 82.9 Å². The lowest BCUT2D eigenvalue weighted by Gasteiger charge is -1.85. The molecule has 0 amide bonds. The number of aromatic nitrogens is 2. The largest absolute Gasteiger partial charge is 0.242 e. The summed E-state index contributed by atoms with van der Waals surface area (Å²) in [7, 11) is 0. The van der Waals surface area contributed by atoms with Crippen LogP contribution < -0.4 is 0 Å². The second kappa shape index (κ2) is 3.51. The van der Waals surface area contributed by atoms with Crippen LogP contribution in [0.5, 0.6) is 0 Å². The van der Waals surface area contributed by atoms with Crippen LogP contribution in [-0.4, -0.2) is 9.97 Å². The fraction of sp³-hybridized carbons (Fsp3) is 0.143. The van der Waals surface area contributed by atoms with Crippen molar-refractivity contribution in [1.29, 1.82) is 0 Å². The van der Waals surface area contributed by atoms with E-state index in [1.165, 1.54) is 0 Å². The van der Waals surface area contributed by atoms with E-state index in [1.807, 2.05) is 10.8 Å². The molecule has 2 aromatic rings. The van der Waals surface area contributed by atoms with Gasteiger partial charge in [-0.05, 0) is 0 Å². The van der Waals surface area contributed by atoms with Crippen LogP contribution in [0.2, 0.25) is 0 Å². The molecule has 0 fully saturated rings. The fourth-order valence-electron chi connectivity index (χ4n) is 0.804. The first-order valence-corrected chi connectivity index (χ1v) is 5.65. The van der Waals surface area contributed by atoms with Crippen molar-refractivity contribution in [2.75, 3.05) is 0 Å². The SMILES string of the molecule is ClCc1csc(-c2cscn2)n1. The van der Waals surface area contributed by atoms with Crippen molar-refractivity contribution < 1.29 is 0 Å². The Hall–Kier alpha value is -0.450. The van der Waals surface area contributed by atoms with E-state index >= 15 is 0 Å². The number of halogens is 1. The summed E-state index contributed by atoms with van der Waals surface area (Å²) in [5.41, 5.74) is 3.67. The maximum atomic E-state index is 5.63. The van der Waals surface area contributed by atoms with Gasteiger partial charge in [-0.3, -0.25) is 0 Å². The molecule has 2 rings (SSSR count). The van der Waals surface area contributed by atoms with Gasteiger partial charge in [-0.15, -0.1) is 34.3 Å². The minimum absolute atomic E-state index is 0.473. The Morgan fingerprint density at radius 1 is 1.42 bits per heavy atom. The molecule has 2 aromatic heterocycles. The Balaban J connectivity index is 2.35. The van der Waals surface area contributed by atoms with Crippen molar-refractivity contribution in [3.05, 3.63) is 22.0 Å². The summed E-state index contributed by atoms with van der Waals surface area (Å²) >= 11 is 8.78. The summed E-state index contributed by atoms with van der Waals surface area (Å²) < 4.78 is 0. The normalized spacial score (nSPS) is 10.4. The van der Waals surface area contributed by atoms with Crippen LogP contribution in [0, 0.1) is 0 Å². The summed E-state index contributed by atoms with van der Waals surface area (Å²) in [6, 6.07) is 0. The lowest BCUT2D eigenvalue weighted by molar-refractivity contribution is 1.22. The molecule has 2 heterocycles. The van der Waals surface area contributed by atoms with Crippen molar-refractivity contribution in [2.24, 2.45) is 0 Å². The van der Waals surface area contributed by atoms with Gasteiger partial charge in [0.25, 0.3) is 0 Å². The number of thiazole rings is 2. The van der Waals surface area contributed by atoms with Crippen LogP contribution in [0.25, 0.3) is 10.7 Å². The topological polar surface area (TPSA) is 25.8 Å². The second-order valence-electron chi connectivity index (χ2n) is 2.15. The van der Waals surface area contributed by atoms with Gasteiger partial charge >= 0.3 is 0 Å². The van der Waals surface area contributed by atoms with E-state index in [9.17, 15) is 0 Å². The summed E-state index contributed by atoms with van der Waals surface area (Å²) in [4.78, 5) is 8.46.